The predicted octanol–water partition coefficient (Wildman–Crippen LogP) is 2.68. The molecule has 2 aliphatic rings. The second kappa shape index (κ2) is 8.79. The van der Waals surface area contributed by atoms with Crippen molar-refractivity contribution in [2.45, 2.75) is 25.3 Å². The number of hydrogen-bond donors (Lipinski definition) is 1. The van der Waals surface area contributed by atoms with Crippen molar-refractivity contribution < 1.29 is 4.74 Å². The summed E-state index contributed by atoms with van der Waals surface area (Å²) in [7, 11) is 1.67. The molecule has 1 aromatic heterocycles. The highest BCUT2D eigenvalue weighted by molar-refractivity contribution is 5.85. The summed E-state index contributed by atoms with van der Waals surface area (Å²) < 4.78 is 5.16. The Bertz CT molecular complexity index is 406. The number of methoxy groups -OCH3 is 1. The first-order chi connectivity index (χ1) is 9.38. The van der Waals surface area contributed by atoms with Crippen molar-refractivity contribution in [1.82, 2.24) is 15.2 Å². The molecular formula is C15H25Cl2N3O. The zero-order valence-electron chi connectivity index (χ0n) is 12.5. The molecule has 0 spiro atoms. The number of hydrogen-bond acceptors (Lipinski definition) is 4. The Morgan fingerprint density at radius 3 is 2.43 bits per heavy atom. The van der Waals surface area contributed by atoms with Crippen LogP contribution in [0.2, 0.25) is 0 Å². The number of rotatable bonds is 4. The fourth-order valence-electron chi connectivity index (χ4n) is 3.18. The maximum atomic E-state index is 5.16. The lowest BCUT2D eigenvalue weighted by Crippen LogP contribution is -2.47. The van der Waals surface area contributed by atoms with Gasteiger partial charge in [0.2, 0.25) is 5.88 Å². The van der Waals surface area contributed by atoms with Crippen LogP contribution in [0.3, 0.4) is 0 Å². The molecule has 1 aliphatic heterocycles. The first kappa shape index (κ1) is 18.5. The first-order valence-electron chi connectivity index (χ1n) is 7.33. The quantitative estimate of drug-likeness (QED) is 0.919. The molecular weight excluding hydrogens is 309 g/mol. The fourth-order valence-corrected chi connectivity index (χ4v) is 3.18. The molecule has 3 rings (SSSR count). The molecule has 21 heavy (non-hydrogen) atoms. The highest BCUT2D eigenvalue weighted by atomic mass is 35.5. The van der Waals surface area contributed by atoms with Gasteiger partial charge in [-0.15, -0.1) is 24.8 Å². The topological polar surface area (TPSA) is 37.4 Å². The maximum Gasteiger partial charge on any atom is 0.212 e. The van der Waals surface area contributed by atoms with Crippen molar-refractivity contribution in [2.75, 3.05) is 33.3 Å². The van der Waals surface area contributed by atoms with Gasteiger partial charge in [0.1, 0.15) is 0 Å². The van der Waals surface area contributed by atoms with Gasteiger partial charge in [-0.2, -0.15) is 0 Å². The van der Waals surface area contributed by atoms with Crippen LogP contribution in [0.4, 0.5) is 0 Å². The number of nitrogens with one attached hydrogen (secondary N) is 1. The number of halogens is 2. The van der Waals surface area contributed by atoms with Crippen LogP contribution in [0, 0.1) is 5.92 Å². The van der Waals surface area contributed by atoms with E-state index in [0.29, 0.717) is 11.9 Å². The van der Waals surface area contributed by atoms with Crippen molar-refractivity contribution in [3.05, 3.63) is 23.9 Å². The van der Waals surface area contributed by atoms with Crippen LogP contribution >= 0.6 is 24.8 Å². The Hall–Kier alpha value is -0.550. The minimum atomic E-state index is 0. The summed E-state index contributed by atoms with van der Waals surface area (Å²) in [6, 6.07) is 4.73. The van der Waals surface area contributed by atoms with E-state index in [4.69, 9.17) is 4.74 Å². The summed E-state index contributed by atoms with van der Waals surface area (Å²) >= 11 is 0. The molecule has 0 unspecified atom stereocenters. The van der Waals surface area contributed by atoms with Crippen LogP contribution in [0.1, 0.15) is 30.9 Å². The van der Waals surface area contributed by atoms with Gasteiger partial charge in [-0.05, 0) is 24.3 Å². The van der Waals surface area contributed by atoms with E-state index in [1.807, 2.05) is 12.3 Å². The third kappa shape index (κ3) is 4.22. The lowest BCUT2D eigenvalue weighted by Gasteiger charge is -2.43. The smallest absolute Gasteiger partial charge is 0.212 e. The molecule has 1 atom stereocenters. The Balaban J connectivity index is 0.00000110. The molecule has 1 N–H and O–H groups in total. The van der Waals surface area contributed by atoms with Gasteiger partial charge in [-0.3, -0.25) is 4.90 Å². The van der Waals surface area contributed by atoms with Gasteiger partial charge >= 0.3 is 0 Å². The van der Waals surface area contributed by atoms with Crippen LogP contribution in [-0.4, -0.2) is 43.2 Å². The van der Waals surface area contributed by atoms with E-state index in [0.717, 1.165) is 32.1 Å². The lowest BCUT2D eigenvalue weighted by atomic mass is 9.76. The summed E-state index contributed by atoms with van der Waals surface area (Å²) in [6.45, 7) is 4.50. The third-order valence-electron chi connectivity index (χ3n) is 4.45. The Morgan fingerprint density at radius 2 is 1.95 bits per heavy atom. The van der Waals surface area contributed by atoms with Gasteiger partial charge in [0.15, 0.2) is 0 Å². The molecule has 6 heteroatoms. The average molecular weight is 334 g/mol. The molecule has 1 aliphatic carbocycles. The molecule has 120 valence electrons. The Labute approximate surface area is 139 Å². The number of nitrogens with zero attached hydrogens (tertiary/aromatic N) is 2. The van der Waals surface area contributed by atoms with Crippen LogP contribution in [-0.2, 0) is 0 Å². The summed E-state index contributed by atoms with van der Waals surface area (Å²) in [5.41, 5.74) is 1.35. The second-order valence-electron chi connectivity index (χ2n) is 5.56. The van der Waals surface area contributed by atoms with E-state index in [9.17, 15) is 0 Å². The van der Waals surface area contributed by atoms with Crippen molar-refractivity contribution in [3.63, 3.8) is 0 Å². The molecule has 0 amide bonds. The number of piperazine rings is 1. The van der Waals surface area contributed by atoms with Gasteiger partial charge in [0.05, 0.1) is 7.11 Å². The second-order valence-corrected chi connectivity index (χ2v) is 5.56. The summed E-state index contributed by atoms with van der Waals surface area (Å²) in [4.78, 5) is 7.02. The number of aromatic nitrogens is 1. The summed E-state index contributed by atoms with van der Waals surface area (Å²) in [5, 5.41) is 3.44. The molecule has 2 fully saturated rings. The summed E-state index contributed by atoms with van der Waals surface area (Å²) in [5.74, 6) is 1.52. The van der Waals surface area contributed by atoms with Crippen LogP contribution in [0.5, 0.6) is 5.88 Å². The highest BCUT2D eigenvalue weighted by Crippen LogP contribution is 2.41. The van der Waals surface area contributed by atoms with E-state index in [1.54, 1.807) is 7.11 Å². The maximum absolute atomic E-state index is 5.16. The van der Waals surface area contributed by atoms with Crippen molar-refractivity contribution in [1.29, 1.82) is 0 Å². The molecule has 1 saturated carbocycles. The zero-order valence-corrected chi connectivity index (χ0v) is 14.1. The SMILES string of the molecule is COc1ccc([C@@H](C2CCC2)N2CCNCC2)cn1.Cl.Cl. The van der Waals surface area contributed by atoms with E-state index >= 15 is 0 Å². The van der Waals surface area contributed by atoms with Gasteiger partial charge in [-0.25, -0.2) is 4.98 Å². The van der Waals surface area contributed by atoms with Crippen molar-refractivity contribution in [2.24, 2.45) is 5.92 Å². The highest BCUT2D eigenvalue weighted by Gasteiger charge is 2.33. The predicted molar refractivity (Wildman–Crippen MR) is 89.8 cm³/mol. The minimum absolute atomic E-state index is 0. The van der Waals surface area contributed by atoms with Gasteiger partial charge in [0, 0.05) is 44.5 Å². The van der Waals surface area contributed by atoms with Crippen LogP contribution in [0.15, 0.2) is 18.3 Å². The number of ether oxygens (including phenoxy) is 1. The molecule has 0 bridgehead atoms. The number of pyridine rings is 1. The Morgan fingerprint density at radius 1 is 1.24 bits per heavy atom. The van der Waals surface area contributed by atoms with Crippen molar-refractivity contribution in [3.8, 4) is 5.88 Å². The van der Waals surface area contributed by atoms with Crippen LogP contribution < -0.4 is 10.1 Å². The molecule has 4 nitrogen and oxygen atoms in total. The Kier molecular flexibility index (Phi) is 7.74. The van der Waals surface area contributed by atoms with E-state index in [-0.39, 0.29) is 24.8 Å². The van der Waals surface area contributed by atoms with Gasteiger partial charge < -0.3 is 10.1 Å². The first-order valence-corrected chi connectivity index (χ1v) is 7.33. The molecule has 1 aromatic rings. The largest absolute Gasteiger partial charge is 0.481 e. The van der Waals surface area contributed by atoms with Crippen molar-refractivity contribution >= 4 is 24.8 Å². The van der Waals surface area contributed by atoms with E-state index < -0.39 is 0 Å². The third-order valence-corrected chi connectivity index (χ3v) is 4.45. The standard InChI is InChI=1S/C15H23N3O.2ClH/c1-19-14-6-5-13(11-17-14)15(12-3-2-4-12)18-9-7-16-8-10-18;;/h5-6,11-12,15-16H,2-4,7-10H2,1H3;2*1H/t15-;;/m1../s1. The monoisotopic (exact) mass is 333 g/mol. The fraction of sp³-hybridized carbons (Fsp3) is 0.667. The van der Waals surface area contributed by atoms with Gasteiger partial charge in [0.25, 0.3) is 0 Å². The van der Waals surface area contributed by atoms with E-state index in [2.05, 4.69) is 21.3 Å². The molecule has 2 heterocycles. The minimum Gasteiger partial charge on any atom is -0.481 e. The zero-order chi connectivity index (χ0) is 13.1. The molecule has 1 saturated heterocycles. The van der Waals surface area contributed by atoms with Gasteiger partial charge in [-0.1, -0.05) is 12.5 Å². The summed E-state index contributed by atoms with van der Waals surface area (Å²) in [6.07, 6.45) is 6.11. The lowest BCUT2D eigenvalue weighted by molar-refractivity contribution is 0.0834. The van der Waals surface area contributed by atoms with E-state index in [1.165, 1.54) is 24.8 Å². The molecule has 0 aromatic carbocycles. The average Bonchev–Trinajstić information content (AvgIpc) is 2.44. The van der Waals surface area contributed by atoms with Crippen LogP contribution in [0.25, 0.3) is 0 Å². The normalized spacial score (nSPS) is 20.6. The molecule has 0 radical (unpaired) electrons.